The number of carboxylic acid groups (broad SMARTS) is 1. The molecule has 3 rings (SSSR count). The molecule has 7 heteroatoms. The maximum absolute atomic E-state index is 13.0. The number of aryl methyl sites for hydroxylation is 1. The molecule has 182 valence electrons. The minimum atomic E-state index is -0.910. The number of aliphatic carboxylic acids is 1. The third-order valence-electron chi connectivity index (χ3n) is 6.64. The number of likely N-dealkylation sites (tertiary alicyclic amines) is 1. The number of carbonyl (C=O) groups excluding carboxylic acids is 2. The number of benzene rings is 2. The van der Waals surface area contributed by atoms with Crippen LogP contribution in [0.1, 0.15) is 63.1 Å². The number of rotatable bonds is 11. The molecule has 34 heavy (non-hydrogen) atoms. The summed E-state index contributed by atoms with van der Waals surface area (Å²) in [5.41, 5.74) is 2.12. The SMILES string of the molecule is CCCCc1ccc(CNC(=O)N2C(=O)C(CC)(CC)C2Oc2ccc(CC(=O)O)cc2)cc1. The smallest absolute Gasteiger partial charge is 0.327 e. The van der Waals surface area contributed by atoms with Gasteiger partial charge in [-0.3, -0.25) is 9.59 Å². The second-order valence-electron chi connectivity index (χ2n) is 8.80. The van der Waals surface area contributed by atoms with Crippen LogP contribution >= 0.6 is 0 Å². The Morgan fingerprint density at radius 1 is 0.971 bits per heavy atom. The van der Waals surface area contributed by atoms with Gasteiger partial charge in [0, 0.05) is 6.54 Å². The van der Waals surface area contributed by atoms with Crippen LogP contribution in [0.25, 0.3) is 0 Å². The number of hydrogen-bond acceptors (Lipinski definition) is 4. The topological polar surface area (TPSA) is 95.9 Å². The van der Waals surface area contributed by atoms with Crippen LogP contribution in [0.5, 0.6) is 5.75 Å². The summed E-state index contributed by atoms with van der Waals surface area (Å²) >= 11 is 0. The summed E-state index contributed by atoms with van der Waals surface area (Å²) in [6, 6.07) is 14.4. The highest BCUT2D eigenvalue weighted by atomic mass is 16.5. The van der Waals surface area contributed by atoms with E-state index in [4.69, 9.17) is 9.84 Å². The molecule has 0 aromatic heterocycles. The Kier molecular flexibility index (Phi) is 8.31. The molecule has 0 aliphatic carbocycles. The first kappa shape index (κ1) is 25.3. The number of urea groups is 1. The number of imide groups is 1. The van der Waals surface area contributed by atoms with E-state index in [1.165, 1.54) is 5.56 Å². The molecule has 1 fully saturated rings. The molecule has 3 amide bonds. The standard InChI is InChI=1S/C27H34N2O5/c1-4-7-8-19-9-11-21(12-10-19)18-28-26(33)29-24(32)27(5-2,6-3)25(29)34-22-15-13-20(14-16-22)17-23(30)31/h9-16,25H,4-8,17-18H2,1-3H3,(H,28,33)(H,30,31). The van der Waals surface area contributed by atoms with Crippen molar-refractivity contribution in [3.63, 3.8) is 0 Å². The molecule has 1 heterocycles. The van der Waals surface area contributed by atoms with Gasteiger partial charge in [0.2, 0.25) is 5.91 Å². The Morgan fingerprint density at radius 2 is 1.56 bits per heavy atom. The van der Waals surface area contributed by atoms with E-state index in [0.29, 0.717) is 30.7 Å². The number of carboxylic acids is 1. The normalized spacial score (nSPS) is 16.6. The van der Waals surface area contributed by atoms with Gasteiger partial charge in [0.15, 0.2) is 6.23 Å². The Hall–Kier alpha value is -3.35. The maximum atomic E-state index is 13.0. The molecular formula is C27H34N2O5. The first-order valence-corrected chi connectivity index (χ1v) is 12.0. The first-order chi connectivity index (χ1) is 16.3. The number of nitrogens with zero attached hydrogens (tertiary/aromatic N) is 1. The van der Waals surface area contributed by atoms with Gasteiger partial charge in [-0.15, -0.1) is 0 Å². The van der Waals surface area contributed by atoms with Gasteiger partial charge in [-0.2, -0.15) is 0 Å². The summed E-state index contributed by atoms with van der Waals surface area (Å²) in [5, 5.41) is 11.8. The number of β-lactam (4-membered cyclic amide) rings is 1. The zero-order chi connectivity index (χ0) is 24.7. The lowest BCUT2D eigenvalue weighted by Crippen LogP contribution is -2.73. The van der Waals surface area contributed by atoms with E-state index in [9.17, 15) is 14.4 Å². The van der Waals surface area contributed by atoms with Crippen LogP contribution in [-0.4, -0.2) is 34.1 Å². The van der Waals surface area contributed by atoms with Gasteiger partial charge < -0.3 is 15.2 Å². The molecule has 7 nitrogen and oxygen atoms in total. The number of nitrogens with one attached hydrogen (secondary N) is 1. The predicted octanol–water partition coefficient (Wildman–Crippen LogP) is 4.92. The molecule has 1 unspecified atom stereocenters. The molecule has 0 bridgehead atoms. The lowest BCUT2D eigenvalue weighted by molar-refractivity contribution is -0.190. The second-order valence-corrected chi connectivity index (χ2v) is 8.80. The molecule has 1 atom stereocenters. The van der Waals surface area contributed by atoms with Gasteiger partial charge in [0.05, 0.1) is 6.42 Å². The average molecular weight is 467 g/mol. The molecule has 1 saturated heterocycles. The van der Waals surface area contributed by atoms with E-state index < -0.39 is 23.6 Å². The van der Waals surface area contributed by atoms with Crippen LogP contribution in [0.2, 0.25) is 0 Å². The van der Waals surface area contributed by atoms with Crippen molar-refractivity contribution in [2.75, 3.05) is 0 Å². The fraction of sp³-hybridized carbons (Fsp3) is 0.444. The van der Waals surface area contributed by atoms with Crippen molar-refractivity contribution in [3.05, 3.63) is 65.2 Å². The van der Waals surface area contributed by atoms with Gasteiger partial charge in [-0.05, 0) is 54.5 Å². The molecule has 0 radical (unpaired) electrons. The number of ether oxygens (including phenoxy) is 1. The monoisotopic (exact) mass is 466 g/mol. The van der Waals surface area contributed by atoms with E-state index in [1.807, 2.05) is 26.0 Å². The van der Waals surface area contributed by atoms with Crippen molar-refractivity contribution >= 4 is 17.9 Å². The second kappa shape index (κ2) is 11.2. The largest absolute Gasteiger partial charge is 0.481 e. The quantitative estimate of drug-likeness (QED) is 0.458. The van der Waals surface area contributed by atoms with Crippen LogP contribution in [0.3, 0.4) is 0 Å². The maximum Gasteiger partial charge on any atom is 0.327 e. The van der Waals surface area contributed by atoms with Crippen molar-refractivity contribution in [1.82, 2.24) is 10.2 Å². The van der Waals surface area contributed by atoms with E-state index in [0.717, 1.165) is 29.7 Å². The van der Waals surface area contributed by atoms with E-state index in [2.05, 4.69) is 24.4 Å². The third kappa shape index (κ3) is 5.41. The van der Waals surface area contributed by atoms with E-state index >= 15 is 0 Å². The van der Waals surface area contributed by atoms with Crippen molar-refractivity contribution in [1.29, 1.82) is 0 Å². The molecular weight excluding hydrogens is 432 g/mol. The number of carbonyl (C=O) groups is 3. The molecule has 0 spiro atoms. The van der Waals surface area contributed by atoms with Gasteiger partial charge in [0.1, 0.15) is 11.2 Å². The Morgan fingerprint density at radius 3 is 2.12 bits per heavy atom. The summed E-state index contributed by atoms with van der Waals surface area (Å²) < 4.78 is 6.11. The predicted molar refractivity (Wildman–Crippen MR) is 129 cm³/mol. The van der Waals surface area contributed by atoms with Crippen LogP contribution in [0.4, 0.5) is 4.79 Å². The zero-order valence-corrected chi connectivity index (χ0v) is 20.2. The fourth-order valence-corrected chi connectivity index (χ4v) is 4.36. The summed E-state index contributed by atoms with van der Waals surface area (Å²) in [7, 11) is 0. The third-order valence-corrected chi connectivity index (χ3v) is 6.64. The number of hydrogen-bond donors (Lipinski definition) is 2. The first-order valence-electron chi connectivity index (χ1n) is 12.0. The summed E-state index contributed by atoms with van der Waals surface area (Å²) in [6.07, 6.45) is 3.63. The van der Waals surface area contributed by atoms with Gasteiger partial charge in [-0.25, -0.2) is 9.69 Å². The highest BCUT2D eigenvalue weighted by Crippen LogP contribution is 2.46. The molecule has 2 N–H and O–H groups in total. The number of amides is 3. The highest BCUT2D eigenvalue weighted by molar-refractivity contribution is 6.03. The summed E-state index contributed by atoms with van der Waals surface area (Å²) in [4.78, 5) is 38.1. The van der Waals surface area contributed by atoms with Gasteiger partial charge in [-0.1, -0.05) is 63.6 Å². The highest BCUT2D eigenvalue weighted by Gasteiger charge is 2.62. The average Bonchev–Trinajstić information content (AvgIpc) is 2.83. The minimum absolute atomic E-state index is 0.0792. The van der Waals surface area contributed by atoms with Gasteiger partial charge in [0.25, 0.3) is 0 Å². The molecule has 1 aliphatic rings. The van der Waals surface area contributed by atoms with E-state index in [-0.39, 0.29) is 12.3 Å². The van der Waals surface area contributed by atoms with Crippen molar-refractivity contribution in [2.45, 2.75) is 72.1 Å². The molecule has 2 aromatic carbocycles. The fourth-order valence-electron chi connectivity index (χ4n) is 4.36. The zero-order valence-electron chi connectivity index (χ0n) is 20.2. The van der Waals surface area contributed by atoms with Crippen molar-refractivity contribution < 1.29 is 24.2 Å². The Balaban J connectivity index is 1.68. The Labute approximate surface area is 201 Å². The van der Waals surface area contributed by atoms with Crippen LogP contribution in [0, 0.1) is 5.41 Å². The lowest BCUT2D eigenvalue weighted by Gasteiger charge is -2.53. The Bertz CT molecular complexity index is 997. The van der Waals surface area contributed by atoms with Crippen molar-refractivity contribution in [3.8, 4) is 5.75 Å². The van der Waals surface area contributed by atoms with Crippen molar-refractivity contribution in [2.24, 2.45) is 5.41 Å². The minimum Gasteiger partial charge on any atom is -0.481 e. The van der Waals surface area contributed by atoms with Gasteiger partial charge >= 0.3 is 12.0 Å². The van der Waals surface area contributed by atoms with E-state index in [1.54, 1.807) is 24.3 Å². The summed E-state index contributed by atoms with van der Waals surface area (Å²) in [5.74, 6) is -0.663. The lowest BCUT2D eigenvalue weighted by atomic mass is 9.72. The van der Waals surface area contributed by atoms with Crippen LogP contribution in [0.15, 0.2) is 48.5 Å². The molecule has 0 saturated carbocycles. The molecule has 1 aliphatic heterocycles. The van der Waals surface area contributed by atoms with Crippen LogP contribution in [-0.2, 0) is 29.0 Å². The summed E-state index contributed by atoms with van der Waals surface area (Å²) in [6.45, 7) is 6.32. The molecule has 2 aromatic rings. The van der Waals surface area contributed by atoms with Crippen LogP contribution < -0.4 is 10.1 Å². The number of unbranched alkanes of at least 4 members (excludes halogenated alkanes) is 1.